The minimum Gasteiger partial charge on any atom is -0.329 e. The van der Waals surface area contributed by atoms with Crippen molar-refractivity contribution < 1.29 is 0 Å². The van der Waals surface area contributed by atoms with E-state index >= 15 is 0 Å². The third-order valence-electron chi connectivity index (χ3n) is 7.63. The molecule has 0 aliphatic carbocycles. The summed E-state index contributed by atoms with van der Waals surface area (Å²) in [5.74, 6) is 0. The average Bonchev–Trinajstić information content (AvgIpc) is 2.94. The lowest BCUT2D eigenvalue weighted by molar-refractivity contribution is 0.148. The van der Waals surface area contributed by atoms with Gasteiger partial charge in [-0.25, -0.2) is 0 Å². The van der Waals surface area contributed by atoms with Gasteiger partial charge in [-0.05, 0) is 54.1 Å². The molecule has 0 fully saturated rings. The van der Waals surface area contributed by atoms with Crippen molar-refractivity contribution in [1.29, 1.82) is 0 Å². The maximum atomic E-state index is 5.83. The van der Waals surface area contributed by atoms with Gasteiger partial charge in [0.25, 0.3) is 0 Å². The summed E-state index contributed by atoms with van der Waals surface area (Å²) in [6.07, 6.45) is 5.05. The van der Waals surface area contributed by atoms with Crippen LogP contribution in [0, 0.1) is 0 Å². The molecule has 0 aromatic rings. The molecule has 0 aromatic heterocycles. The molecule has 6 N–H and O–H groups in total. The van der Waals surface area contributed by atoms with Crippen LogP contribution in [-0.4, -0.2) is 188 Å². The number of nitrogens with one attached hydrogen (secondary N) is 2. The summed E-state index contributed by atoms with van der Waals surface area (Å²) in [6.45, 7) is 25.7. The van der Waals surface area contributed by atoms with Crippen LogP contribution in [0.3, 0.4) is 0 Å². The second-order valence-corrected chi connectivity index (χ2v) is 11.6. The second kappa shape index (κ2) is 28.7. The van der Waals surface area contributed by atoms with Gasteiger partial charge in [-0.1, -0.05) is 26.7 Å². The Balaban J connectivity index is 5.15. The van der Waals surface area contributed by atoms with Gasteiger partial charge in [0.1, 0.15) is 0 Å². The highest BCUT2D eigenvalue weighted by Gasteiger charge is 2.14. The molecule has 0 aliphatic rings. The molecule has 0 saturated carbocycles. The van der Waals surface area contributed by atoms with E-state index in [0.717, 1.165) is 111 Å². The van der Waals surface area contributed by atoms with E-state index in [9.17, 15) is 0 Å². The summed E-state index contributed by atoms with van der Waals surface area (Å²) in [5, 5.41) is 6.78. The smallest absolute Gasteiger partial charge is 0.0110 e. The Morgan fingerprint density at radius 2 is 0.925 bits per heavy atom. The number of rotatable bonds is 31. The summed E-state index contributed by atoms with van der Waals surface area (Å²) in [7, 11) is 8.60. The number of likely N-dealkylation sites (N-methyl/N-ethyl adjacent to an activating group) is 3. The fourth-order valence-corrected chi connectivity index (χ4v) is 4.67. The standard InChI is InChI=1S/C30H72N10/c1-7-9-16-37(23-21-35(4)5)26-29-40(24-22-36(6)18-12-32)30-27-38(17-10-8-2)25-28-39(19-14-33-3)20-15-34-13-11-31/h33-34H,7-32H2,1-6H3. The molecule has 10 nitrogen and oxygen atoms in total. The van der Waals surface area contributed by atoms with Gasteiger partial charge < -0.3 is 41.7 Å². The molecule has 0 aromatic carbocycles. The SMILES string of the molecule is CCCCN(CCN(C)C)CCN(CCN(C)CCN)CCN(CCCC)CCN(CCNC)CCNCCN. The summed E-state index contributed by atoms with van der Waals surface area (Å²) in [5.41, 5.74) is 11.5. The van der Waals surface area contributed by atoms with E-state index in [-0.39, 0.29) is 0 Å². The van der Waals surface area contributed by atoms with Crippen LogP contribution in [-0.2, 0) is 0 Å². The molecular formula is C30H72N10. The Morgan fingerprint density at radius 1 is 0.475 bits per heavy atom. The zero-order valence-electron chi connectivity index (χ0n) is 27.8. The topological polar surface area (TPSA) is 95.5 Å². The van der Waals surface area contributed by atoms with E-state index in [0.29, 0.717) is 6.54 Å². The summed E-state index contributed by atoms with van der Waals surface area (Å²) < 4.78 is 0. The number of nitrogens with zero attached hydrogens (tertiary/aromatic N) is 6. The molecule has 0 amide bonds. The van der Waals surface area contributed by atoms with Crippen LogP contribution in [0.5, 0.6) is 0 Å². The van der Waals surface area contributed by atoms with E-state index in [1.54, 1.807) is 0 Å². The van der Waals surface area contributed by atoms with Gasteiger partial charge in [-0.15, -0.1) is 0 Å². The van der Waals surface area contributed by atoms with Crippen molar-refractivity contribution in [2.24, 2.45) is 11.5 Å². The van der Waals surface area contributed by atoms with Crippen LogP contribution in [0.15, 0.2) is 0 Å². The van der Waals surface area contributed by atoms with Gasteiger partial charge in [0.15, 0.2) is 0 Å². The summed E-state index contributed by atoms with van der Waals surface area (Å²) >= 11 is 0. The Hall–Kier alpha value is -0.400. The minimum atomic E-state index is 0.700. The predicted octanol–water partition coefficient (Wildman–Crippen LogP) is 0.0144. The first kappa shape index (κ1) is 39.6. The van der Waals surface area contributed by atoms with Gasteiger partial charge in [-0.3, -0.25) is 9.80 Å². The zero-order chi connectivity index (χ0) is 29.8. The molecule has 40 heavy (non-hydrogen) atoms. The van der Waals surface area contributed by atoms with E-state index in [4.69, 9.17) is 11.5 Å². The predicted molar refractivity (Wildman–Crippen MR) is 177 cm³/mol. The molecule has 0 bridgehead atoms. The minimum absolute atomic E-state index is 0.700. The zero-order valence-corrected chi connectivity index (χ0v) is 27.8. The molecule has 0 unspecified atom stereocenters. The largest absolute Gasteiger partial charge is 0.329 e. The third-order valence-corrected chi connectivity index (χ3v) is 7.63. The van der Waals surface area contributed by atoms with Gasteiger partial charge in [0, 0.05) is 118 Å². The number of hydrogen-bond acceptors (Lipinski definition) is 10. The van der Waals surface area contributed by atoms with Crippen molar-refractivity contribution in [3.05, 3.63) is 0 Å². The maximum absolute atomic E-state index is 5.83. The van der Waals surface area contributed by atoms with Crippen LogP contribution in [0.4, 0.5) is 0 Å². The highest BCUT2D eigenvalue weighted by atomic mass is 15.3. The molecule has 10 heteroatoms. The quantitative estimate of drug-likeness (QED) is 0.0852. The summed E-state index contributed by atoms with van der Waals surface area (Å²) in [6, 6.07) is 0. The van der Waals surface area contributed by atoms with E-state index in [1.807, 2.05) is 7.05 Å². The molecule has 0 radical (unpaired) electrons. The average molecular weight is 573 g/mol. The van der Waals surface area contributed by atoms with Crippen molar-refractivity contribution in [2.45, 2.75) is 39.5 Å². The maximum Gasteiger partial charge on any atom is 0.0110 e. The fraction of sp³-hybridized carbons (Fsp3) is 1.00. The van der Waals surface area contributed by atoms with E-state index in [2.05, 4.69) is 75.0 Å². The molecule has 0 aliphatic heterocycles. The Kier molecular flexibility index (Phi) is 28.4. The van der Waals surface area contributed by atoms with Gasteiger partial charge in [-0.2, -0.15) is 0 Å². The van der Waals surface area contributed by atoms with Crippen molar-refractivity contribution in [2.75, 3.05) is 159 Å². The van der Waals surface area contributed by atoms with Crippen LogP contribution >= 0.6 is 0 Å². The first-order valence-electron chi connectivity index (χ1n) is 16.4. The molecule has 0 atom stereocenters. The van der Waals surface area contributed by atoms with E-state index < -0.39 is 0 Å². The molecule has 0 spiro atoms. The summed E-state index contributed by atoms with van der Waals surface area (Å²) in [4.78, 5) is 15.4. The Bertz CT molecular complexity index is 511. The molecule has 0 rings (SSSR count). The van der Waals surface area contributed by atoms with Gasteiger partial charge >= 0.3 is 0 Å². The van der Waals surface area contributed by atoms with E-state index in [1.165, 1.54) is 38.8 Å². The number of nitrogens with two attached hydrogens (primary N) is 2. The van der Waals surface area contributed by atoms with Gasteiger partial charge in [0.05, 0.1) is 0 Å². The highest BCUT2D eigenvalue weighted by Crippen LogP contribution is 2.02. The molecular weight excluding hydrogens is 500 g/mol. The lowest BCUT2D eigenvalue weighted by Crippen LogP contribution is -2.46. The Labute approximate surface area is 250 Å². The van der Waals surface area contributed by atoms with Gasteiger partial charge in [0.2, 0.25) is 0 Å². The molecule has 0 heterocycles. The van der Waals surface area contributed by atoms with Crippen molar-refractivity contribution in [3.63, 3.8) is 0 Å². The van der Waals surface area contributed by atoms with Crippen LogP contribution in [0.2, 0.25) is 0 Å². The molecule has 0 saturated heterocycles. The van der Waals surface area contributed by atoms with Crippen molar-refractivity contribution in [3.8, 4) is 0 Å². The van der Waals surface area contributed by atoms with Crippen LogP contribution in [0.1, 0.15) is 39.5 Å². The molecule has 242 valence electrons. The lowest BCUT2D eigenvalue weighted by Gasteiger charge is -2.32. The first-order chi connectivity index (χ1) is 19.4. The van der Waals surface area contributed by atoms with Crippen molar-refractivity contribution >= 4 is 0 Å². The van der Waals surface area contributed by atoms with Crippen molar-refractivity contribution in [1.82, 2.24) is 40.0 Å². The monoisotopic (exact) mass is 573 g/mol. The van der Waals surface area contributed by atoms with Crippen LogP contribution < -0.4 is 22.1 Å². The Morgan fingerprint density at radius 3 is 1.38 bits per heavy atom. The second-order valence-electron chi connectivity index (χ2n) is 11.6. The lowest BCUT2D eigenvalue weighted by atomic mass is 10.3. The normalized spacial score (nSPS) is 12.4. The highest BCUT2D eigenvalue weighted by molar-refractivity contribution is 4.71. The third kappa shape index (κ3) is 24.2. The fourth-order valence-electron chi connectivity index (χ4n) is 4.67. The number of hydrogen-bond donors (Lipinski definition) is 4. The number of unbranched alkanes of at least 4 members (excludes halogenated alkanes) is 2. The first-order valence-corrected chi connectivity index (χ1v) is 16.4. The van der Waals surface area contributed by atoms with Crippen LogP contribution in [0.25, 0.3) is 0 Å².